The molecule has 0 aliphatic heterocycles. The summed E-state index contributed by atoms with van der Waals surface area (Å²) in [6, 6.07) is 12.8. The molecule has 0 saturated heterocycles. The summed E-state index contributed by atoms with van der Waals surface area (Å²) < 4.78 is 12.4. The lowest BCUT2D eigenvalue weighted by Crippen LogP contribution is -2.11. The van der Waals surface area contributed by atoms with Gasteiger partial charge in [-0.1, -0.05) is 53.0 Å². The van der Waals surface area contributed by atoms with Crippen LogP contribution in [-0.2, 0) is 17.3 Å². The van der Waals surface area contributed by atoms with Gasteiger partial charge in [0.15, 0.2) is 0 Å². The van der Waals surface area contributed by atoms with E-state index >= 15 is 0 Å². The molecule has 0 fully saturated rings. The first-order valence-corrected chi connectivity index (χ1v) is 9.29. The summed E-state index contributed by atoms with van der Waals surface area (Å²) in [5, 5.41) is 13.3. The van der Waals surface area contributed by atoms with Gasteiger partial charge in [0.25, 0.3) is 0 Å². The van der Waals surface area contributed by atoms with E-state index in [9.17, 15) is 4.21 Å². The molecule has 0 bridgehead atoms. The van der Waals surface area contributed by atoms with Gasteiger partial charge in [-0.05, 0) is 30.3 Å². The Morgan fingerprint density at radius 3 is 2.62 bits per heavy atom. The number of aromatic nitrogens is 4. The molecule has 0 saturated carbocycles. The van der Waals surface area contributed by atoms with Crippen molar-refractivity contribution >= 4 is 34.0 Å². The van der Waals surface area contributed by atoms with Crippen LogP contribution in [0.5, 0.6) is 0 Å². The molecule has 1 aromatic heterocycles. The number of halogens is 2. The fourth-order valence-corrected chi connectivity index (χ4v) is 3.79. The van der Waals surface area contributed by atoms with E-state index in [-0.39, 0.29) is 0 Å². The normalized spacial score (nSPS) is 12.3. The highest BCUT2D eigenvalue weighted by atomic mass is 35.5. The van der Waals surface area contributed by atoms with Crippen LogP contribution in [0.2, 0.25) is 10.0 Å². The van der Waals surface area contributed by atoms with E-state index in [1.165, 1.54) is 10.4 Å². The molecule has 1 atom stereocenters. The van der Waals surface area contributed by atoms with Gasteiger partial charge in [0.05, 0.1) is 27.3 Å². The van der Waals surface area contributed by atoms with Gasteiger partial charge in [0.2, 0.25) is 5.82 Å². The highest BCUT2D eigenvalue weighted by molar-refractivity contribution is 7.85. The summed E-state index contributed by atoms with van der Waals surface area (Å²) >= 11 is 12.0. The summed E-state index contributed by atoms with van der Waals surface area (Å²) in [7, 11) is -1.29. The predicted octanol–water partition coefficient (Wildman–Crippen LogP) is 3.76. The summed E-state index contributed by atoms with van der Waals surface area (Å²) in [5.41, 5.74) is 2.06. The van der Waals surface area contributed by atoms with Crippen molar-refractivity contribution in [2.24, 2.45) is 0 Å². The largest absolute Gasteiger partial charge is 0.254 e. The maximum atomic E-state index is 12.4. The zero-order chi connectivity index (χ0) is 17.1. The van der Waals surface area contributed by atoms with Crippen LogP contribution in [0.4, 0.5) is 0 Å². The van der Waals surface area contributed by atoms with Crippen molar-refractivity contribution in [3.05, 3.63) is 58.1 Å². The summed E-state index contributed by atoms with van der Waals surface area (Å²) in [4.78, 5) is 1.95. The second-order valence-electron chi connectivity index (χ2n) is 5.20. The molecular formula is C16H14Cl2N4OS. The Bertz CT molecular complexity index is 880. The van der Waals surface area contributed by atoms with Crippen LogP contribution in [0.1, 0.15) is 5.56 Å². The number of tetrazole rings is 1. The van der Waals surface area contributed by atoms with Gasteiger partial charge in [0, 0.05) is 16.3 Å². The standard InChI is InChI=1S/C16H14Cl2N4OS/c1-11-2-4-12(5-3-11)16-19-21-22(20-16)8-9-24(23)15-10-13(17)6-7-14(15)18/h2-7,10H,8-9H2,1H3/t24-/m0/s1. The van der Waals surface area contributed by atoms with Crippen molar-refractivity contribution in [2.45, 2.75) is 18.4 Å². The molecule has 8 heteroatoms. The lowest BCUT2D eigenvalue weighted by atomic mass is 10.1. The molecule has 0 N–H and O–H groups in total. The number of rotatable bonds is 5. The van der Waals surface area contributed by atoms with E-state index in [1.54, 1.807) is 18.2 Å². The molecule has 0 aliphatic carbocycles. The van der Waals surface area contributed by atoms with Crippen LogP contribution < -0.4 is 0 Å². The van der Waals surface area contributed by atoms with Gasteiger partial charge in [-0.2, -0.15) is 4.80 Å². The number of aryl methyl sites for hydroxylation is 2. The van der Waals surface area contributed by atoms with Crippen molar-refractivity contribution in [3.8, 4) is 11.4 Å². The molecule has 5 nitrogen and oxygen atoms in total. The second kappa shape index (κ2) is 7.42. The molecular weight excluding hydrogens is 367 g/mol. The van der Waals surface area contributed by atoms with Gasteiger partial charge in [0.1, 0.15) is 0 Å². The third-order valence-electron chi connectivity index (χ3n) is 3.38. The summed E-state index contributed by atoms with van der Waals surface area (Å²) in [6.45, 7) is 2.39. The zero-order valence-electron chi connectivity index (χ0n) is 12.8. The Morgan fingerprint density at radius 1 is 1.12 bits per heavy atom. The first-order chi connectivity index (χ1) is 11.5. The molecule has 0 aliphatic rings. The Hall–Kier alpha value is -1.76. The molecule has 124 valence electrons. The molecule has 0 unspecified atom stereocenters. The second-order valence-corrected chi connectivity index (χ2v) is 7.58. The van der Waals surface area contributed by atoms with E-state index in [0.717, 1.165) is 5.56 Å². The smallest absolute Gasteiger partial charge is 0.204 e. The minimum atomic E-state index is -1.29. The van der Waals surface area contributed by atoms with Crippen LogP contribution in [-0.4, -0.2) is 30.2 Å². The van der Waals surface area contributed by atoms with Crippen LogP contribution in [0.3, 0.4) is 0 Å². The lowest BCUT2D eigenvalue weighted by molar-refractivity contribution is 0.552. The summed E-state index contributed by atoms with van der Waals surface area (Å²) in [5.74, 6) is 0.866. The molecule has 0 amide bonds. The quantitative estimate of drug-likeness (QED) is 0.675. The third-order valence-corrected chi connectivity index (χ3v) is 5.44. The van der Waals surface area contributed by atoms with E-state index in [4.69, 9.17) is 23.2 Å². The highest BCUT2D eigenvalue weighted by Crippen LogP contribution is 2.24. The number of hydrogen-bond donors (Lipinski definition) is 0. The van der Waals surface area contributed by atoms with Gasteiger partial charge in [-0.25, -0.2) is 0 Å². The Labute approximate surface area is 152 Å². The molecule has 3 rings (SSSR count). The number of hydrogen-bond acceptors (Lipinski definition) is 4. The van der Waals surface area contributed by atoms with Crippen molar-refractivity contribution in [2.75, 3.05) is 5.75 Å². The van der Waals surface area contributed by atoms with Gasteiger partial charge in [-0.15, -0.1) is 10.2 Å². The lowest BCUT2D eigenvalue weighted by Gasteiger charge is -2.04. The molecule has 1 heterocycles. The monoisotopic (exact) mass is 380 g/mol. The fourth-order valence-electron chi connectivity index (χ4n) is 2.08. The zero-order valence-corrected chi connectivity index (χ0v) is 15.1. The first-order valence-electron chi connectivity index (χ1n) is 7.21. The minimum Gasteiger partial charge on any atom is -0.254 e. The van der Waals surface area contributed by atoms with Gasteiger partial charge < -0.3 is 0 Å². The average Bonchev–Trinajstić information content (AvgIpc) is 3.04. The van der Waals surface area contributed by atoms with Gasteiger partial charge >= 0.3 is 0 Å². The Balaban J connectivity index is 1.68. The van der Waals surface area contributed by atoms with Crippen LogP contribution >= 0.6 is 23.2 Å². The molecule has 0 radical (unpaired) electrons. The van der Waals surface area contributed by atoms with Crippen molar-refractivity contribution in [3.63, 3.8) is 0 Å². The van der Waals surface area contributed by atoms with Crippen molar-refractivity contribution in [1.82, 2.24) is 20.2 Å². The molecule has 24 heavy (non-hydrogen) atoms. The molecule has 0 spiro atoms. The first kappa shape index (κ1) is 17.1. The number of nitrogens with zero attached hydrogens (tertiary/aromatic N) is 4. The fraction of sp³-hybridized carbons (Fsp3) is 0.188. The molecule has 2 aromatic carbocycles. The van der Waals surface area contributed by atoms with Crippen LogP contribution in [0.15, 0.2) is 47.4 Å². The van der Waals surface area contributed by atoms with E-state index < -0.39 is 10.8 Å². The maximum Gasteiger partial charge on any atom is 0.204 e. The van der Waals surface area contributed by atoms with E-state index in [1.807, 2.05) is 31.2 Å². The van der Waals surface area contributed by atoms with E-state index in [2.05, 4.69) is 15.4 Å². The van der Waals surface area contributed by atoms with E-state index in [0.29, 0.717) is 33.1 Å². The highest BCUT2D eigenvalue weighted by Gasteiger charge is 2.11. The Kier molecular flexibility index (Phi) is 5.28. The molecule has 3 aromatic rings. The predicted molar refractivity (Wildman–Crippen MR) is 95.7 cm³/mol. The summed E-state index contributed by atoms with van der Waals surface area (Å²) in [6.07, 6.45) is 0. The SMILES string of the molecule is Cc1ccc(-c2nnn(CC[S@](=O)c3cc(Cl)ccc3Cl)n2)cc1. The van der Waals surface area contributed by atoms with Crippen molar-refractivity contribution in [1.29, 1.82) is 0 Å². The van der Waals surface area contributed by atoms with Gasteiger partial charge in [-0.3, -0.25) is 4.21 Å². The maximum absolute atomic E-state index is 12.4. The number of benzene rings is 2. The third kappa shape index (κ3) is 4.01. The minimum absolute atomic E-state index is 0.323. The van der Waals surface area contributed by atoms with Crippen molar-refractivity contribution < 1.29 is 4.21 Å². The average molecular weight is 381 g/mol. The van der Waals surface area contributed by atoms with Crippen LogP contribution in [0, 0.1) is 6.92 Å². The van der Waals surface area contributed by atoms with Crippen LogP contribution in [0.25, 0.3) is 11.4 Å². The Morgan fingerprint density at radius 2 is 1.88 bits per heavy atom. The topological polar surface area (TPSA) is 60.7 Å².